The van der Waals surface area contributed by atoms with Crippen LogP contribution in [0.5, 0.6) is 0 Å². The van der Waals surface area contributed by atoms with Gasteiger partial charge >= 0.3 is 0 Å². The number of amides is 2. The molecule has 0 spiro atoms. The monoisotopic (exact) mass is 239 g/mol. The summed E-state index contributed by atoms with van der Waals surface area (Å²) in [5, 5.41) is 6.72. The largest absolute Gasteiger partial charge is 0.316 e. The number of piperidine rings is 1. The molecule has 5 heteroatoms. The molecule has 2 unspecified atom stereocenters. The van der Waals surface area contributed by atoms with Gasteiger partial charge in [-0.05, 0) is 18.4 Å². The van der Waals surface area contributed by atoms with E-state index in [1.54, 1.807) is 7.05 Å². The van der Waals surface area contributed by atoms with Gasteiger partial charge in [-0.3, -0.25) is 14.5 Å². The molecule has 2 heterocycles. The molecule has 0 aromatic heterocycles. The van der Waals surface area contributed by atoms with Gasteiger partial charge in [-0.1, -0.05) is 13.8 Å². The standard InChI is InChI=1S/C12H21N3O2/c1-12(2)7-13-5-4-9(12)14-8-6-10(16)15(3)11(8)17/h8-9,13-14H,4-7H2,1-3H3. The highest BCUT2D eigenvalue weighted by Gasteiger charge is 2.40. The second kappa shape index (κ2) is 4.38. The number of nitrogens with zero attached hydrogens (tertiary/aromatic N) is 1. The van der Waals surface area contributed by atoms with E-state index < -0.39 is 0 Å². The van der Waals surface area contributed by atoms with E-state index in [2.05, 4.69) is 24.5 Å². The third-order valence-corrected chi connectivity index (χ3v) is 3.92. The summed E-state index contributed by atoms with van der Waals surface area (Å²) in [6, 6.07) is -0.0353. The van der Waals surface area contributed by atoms with Crippen LogP contribution in [0.3, 0.4) is 0 Å². The minimum Gasteiger partial charge on any atom is -0.316 e. The fraction of sp³-hybridized carbons (Fsp3) is 0.833. The Kier molecular flexibility index (Phi) is 3.23. The van der Waals surface area contributed by atoms with Crippen molar-refractivity contribution in [3.63, 3.8) is 0 Å². The number of hydrogen-bond acceptors (Lipinski definition) is 4. The van der Waals surface area contributed by atoms with Crippen LogP contribution in [0.2, 0.25) is 0 Å². The van der Waals surface area contributed by atoms with Crippen LogP contribution in [0.25, 0.3) is 0 Å². The van der Waals surface area contributed by atoms with E-state index in [1.165, 1.54) is 4.90 Å². The zero-order chi connectivity index (χ0) is 12.6. The lowest BCUT2D eigenvalue weighted by atomic mass is 9.79. The molecule has 0 aromatic rings. The van der Waals surface area contributed by atoms with Gasteiger partial charge in [0.05, 0.1) is 12.5 Å². The number of carbonyl (C=O) groups excluding carboxylic acids is 2. The lowest BCUT2D eigenvalue weighted by molar-refractivity contribution is -0.137. The van der Waals surface area contributed by atoms with Gasteiger partial charge in [-0.25, -0.2) is 0 Å². The molecule has 2 fully saturated rings. The minimum absolute atomic E-state index is 0.0840. The third kappa shape index (κ3) is 2.35. The van der Waals surface area contributed by atoms with Crippen molar-refractivity contribution in [2.75, 3.05) is 20.1 Å². The second-order valence-electron chi connectivity index (χ2n) is 5.72. The molecule has 2 atom stereocenters. The van der Waals surface area contributed by atoms with Crippen molar-refractivity contribution in [2.45, 2.75) is 38.8 Å². The molecule has 2 saturated heterocycles. The topological polar surface area (TPSA) is 61.4 Å². The number of imide groups is 1. The summed E-state index contributed by atoms with van der Waals surface area (Å²) in [4.78, 5) is 24.5. The first-order valence-corrected chi connectivity index (χ1v) is 6.19. The van der Waals surface area contributed by atoms with Crippen molar-refractivity contribution in [2.24, 2.45) is 5.41 Å². The van der Waals surface area contributed by atoms with Gasteiger partial charge in [0.2, 0.25) is 11.8 Å². The van der Waals surface area contributed by atoms with E-state index in [-0.39, 0.29) is 29.3 Å². The molecule has 0 bridgehead atoms. The average molecular weight is 239 g/mol. The van der Waals surface area contributed by atoms with Gasteiger partial charge in [-0.15, -0.1) is 0 Å². The molecule has 0 aliphatic carbocycles. The van der Waals surface area contributed by atoms with Crippen LogP contribution in [0.15, 0.2) is 0 Å². The second-order valence-corrected chi connectivity index (χ2v) is 5.72. The van der Waals surface area contributed by atoms with E-state index in [9.17, 15) is 9.59 Å². The van der Waals surface area contributed by atoms with Crippen LogP contribution < -0.4 is 10.6 Å². The summed E-state index contributed by atoms with van der Waals surface area (Å²) in [7, 11) is 1.56. The zero-order valence-electron chi connectivity index (χ0n) is 10.7. The number of rotatable bonds is 2. The van der Waals surface area contributed by atoms with Gasteiger partial charge in [0.1, 0.15) is 0 Å². The first-order valence-electron chi connectivity index (χ1n) is 6.19. The summed E-state index contributed by atoms with van der Waals surface area (Å²) >= 11 is 0. The first kappa shape index (κ1) is 12.5. The van der Waals surface area contributed by atoms with Crippen LogP contribution in [0.4, 0.5) is 0 Å². The Balaban J connectivity index is 2.01. The molecular formula is C12H21N3O2. The molecular weight excluding hydrogens is 218 g/mol. The molecule has 0 radical (unpaired) electrons. The van der Waals surface area contributed by atoms with Crippen molar-refractivity contribution in [1.82, 2.24) is 15.5 Å². The Morgan fingerprint density at radius 2 is 2.12 bits per heavy atom. The van der Waals surface area contributed by atoms with Gasteiger partial charge in [0.15, 0.2) is 0 Å². The lowest BCUT2D eigenvalue weighted by Gasteiger charge is -2.40. The van der Waals surface area contributed by atoms with E-state index >= 15 is 0 Å². The predicted molar refractivity (Wildman–Crippen MR) is 64.4 cm³/mol. The van der Waals surface area contributed by atoms with E-state index in [1.807, 2.05) is 0 Å². The van der Waals surface area contributed by atoms with Crippen LogP contribution in [0, 0.1) is 5.41 Å². The summed E-state index contributed by atoms with van der Waals surface area (Å²) < 4.78 is 0. The minimum atomic E-state index is -0.324. The van der Waals surface area contributed by atoms with Crippen LogP contribution >= 0.6 is 0 Å². The highest BCUT2D eigenvalue weighted by Crippen LogP contribution is 2.26. The van der Waals surface area contributed by atoms with E-state index in [0.717, 1.165) is 19.5 Å². The molecule has 0 aromatic carbocycles. The number of likely N-dealkylation sites (N-methyl/N-ethyl adjacent to an activating group) is 1. The molecule has 2 amide bonds. The Morgan fingerprint density at radius 1 is 1.41 bits per heavy atom. The maximum Gasteiger partial charge on any atom is 0.246 e. The normalized spacial score (nSPS) is 33.2. The fourth-order valence-electron chi connectivity index (χ4n) is 2.61. The van der Waals surface area contributed by atoms with Gasteiger partial charge in [0, 0.05) is 19.6 Å². The lowest BCUT2D eigenvalue weighted by Crippen LogP contribution is -2.56. The summed E-state index contributed by atoms with van der Waals surface area (Å²) in [5.41, 5.74) is 0.114. The molecule has 2 aliphatic heterocycles. The van der Waals surface area contributed by atoms with Crippen molar-refractivity contribution >= 4 is 11.8 Å². The number of carbonyl (C=O) groups is 2. The van der Waals surface area contributed by atoms with Crippen LogP contribution in [0.1, 0.15) is 26.7 Å². The average Bonchev–Trinajstić information content (AvgIpc) is 2.49. The number of hydrogen-bond donors (Lipinski definition) is 2. The molecule has 2 N–H and O–H groups in total. The van der Waals surface area contributed by atoms with Crippen molar-refractivity contribution < 1.29 is 9.59 Å². The molecule has 0 saturated carbocycles. The zero-order valence-corrected chi connectivity index (χ0v) is 10.7. The summed E-state index contributed by atoms with van der Waals surface area (Å²) in [5.74, 6) is -0.177. The summed E-state index contributed by atoms with van der Waals surface area (Å²) in [6.45, 7) is 6.27. The van der Waals surface area contributed by atoms with E-state index in [0.29, 0.717) is 6.42 Å². The Bertz CT molecular complexity index is 341. The third-order valence-electron chi connectivity index (χ3n) is 3.92. The van der Waals surface area contributed by atoms with Crippen LogP contribution in [-0.4, -0.2) is 48.9 Å². The van der Waals surface area contributed by atoms with Crippen LogP contribution in [-0.2, 0) is 9.59 Å². The maximum absolute atomic E-state index is 11.8. The first-order chi connectivity index (χ1) is 7.92. The van der Waals surface area contributed by atoms with E-state index in [4.69, 9.17) is 0 Å². The van der Waals surface area contributed by atoms with Crippen molar-refractivity contribution in [3.8, 4) is 0 Å². The van der Waals surface area contributed by atoms with Crippen molar-refractivity contribution in [3.05, 3.63) is 0 Å². The van der Waals surface area contributed by atoms with Gasteiger partial charge in [-0.2, -0.15) is 0 Å². The highest BCUT2D eigenvalue weighted by molar-refractivity contribution is 6.05. The molecule has 17 heavy (non-hydrogen) atoms. The number of nitrogens with one attached hydrogen (secondary N) is 2. The molecule has 2 aliphatic rings. The number of likely N-dealkylation sites (tertiary alicyclic amines) is 1. The fourth-order valence-corrected chi connectivity index (χ4v) is 2.61. The molecule has 2 rings (SSSR count). The Labute approximate surface area is 102 Å². The SMILES string of the molecule is CN1C(=O)CC(NC2CCNCC2(C)C)C1=O. The maximum atomic E-state index is 11.8. The molecule has 96 valence electrons. The molecule has 5 nitrogen and oxygen atoms in total. The van der Waals surface area contributed by atoms with Gasteiger partial charge in [0.25, 0.3) is 0 Å². The smallest absolute Gasteiger partial charge is 0.246 e. The quantitative estimate of drug-likeness (QED) is 0.651. The summed E-state index contributed by atoms with van der Waals surface area (Å²) in [6.07, 6.45) is 1.30. The Hall–Kier alpha value is -0.940. The Morgan fingerprint density at radius 3 is 2.65 bits per heavy atom. The van der Waals surface area contributed by atoms with Crippen molar-refractivity contribution in [1.29, 1.82) is 0 Å². The van der Waals surface area contributed by atoms with Gasteiger partial charge < -0.3 is 10.6 Å². The predicted octanol–water partition coefficient (Wildman–Crippen LogP) is -0.279. The highest BCUT2D eigenvalue weighted by atomic mass is 16.2.